The summed E-state index contributed by atoms with van der Waals surface area (Å²) in [7, 11) is 1.55. The van der Waals surface area contributed by atoms with Crippen molar-refractivity contribution in [3.8, 4) is 5.75 Å². The van der Waals surface area contributed by atoms with Gasteiger partial charge in [0.25, 0.3) is 5.91 Å². The lowest BCUT2D eigenvalue weighted by molar-refractivity contribution is -0.124. The fourth-order valence-corrected chi connectivity index (χ4v) is 4.70. The Hall–Kier alpha value is -4.31. The van der Waals surface area contributed by atoms with Crippen LogP contribution < -0.4 is 15.0 Å². The number of methoxy groups -OCH3 is 1. The van der Waals surface area contributed by atoms with E-state index in [0.29, 0.717) is 28.3 Å². The van der Waals surface area contributed by atoms with Crippen LogP contribution in [0.1, 0.15) is 29.3 Å². The first-order valence-corrected chi connectivity index (χ1v) is 12.8. The van der Waals surface area contributed by atoms with E-state index in [4.69, 9.17) is 21.7 Å². The van der Waals surface area contributed by atoms with Crippen LogP contribution in [0.5, 0.6) is 5.75 Å². The van der Waals surface area contributed by atoms with Gasteiger partial charge in [-0.25, -0.2) is 9.18 Å². The molecule has 202 valence electrons. The second-order valence-electron chi connectivity index (χ2n) is 8.75. The monoisotopic (exact) mass is 549 g/mol. The first-order valence-electron chi connectivity index (χ1n) is 12.4. The van der Waals surface area contributed by atoms with Crippen molar-refractivity contribution in [3.63, 3.8) is 0 Å². The minimum atomic E-state index is -0.896. The lowest BCUT2D eigenvalue weighted by Crippen LogP contribution is -2.39. The maximum absolute atomic E-state index is 14.3. The molecular formula is C29H28FN3O5S. The zero-order chi connectivity index (χ0) is 27.9. The molecule has 8 nitrogen and oxygen atoms in total. The van der Waals surface area contributed by atoms with Gasteiger partial charge >= 0.3 is 5.97 Å². The van der Waals surface area contributed by atoms with Crippen LogP contribution in [0.4, 0.5) is 15.8 Å². The predicted molar refractivity (Wildman–Crippen MR) is 149 cm³/mol. The highest BCUT2D eigenvalue weighted by Crippen LogP contribution is 2.28. The molecule has 1 N–H and O–H groups in total. The van der Waals surface area contributed by atoms with Gasteiger partial charge in [-0.3, -0.25) is 14.5 Å². The molecule has 0 radical (unpaired) electrons. The van der Waals surface area contributed by atoms with Gasteiger partial charge in [-0.15, -0.1) is 0 Å². The number of carbonyl (C=O) groups is 3. The number of halogens is 1. The molecular weight excluding hydrogens is 521 g/mol. The Morgan fingerprint density at radius 1 is 1.03 bits per heavy atom. The van der Waals surface area contributed by atoms with Gasteiger partial charge < -0.3 is 19.7 Å². The number of nitrogens with one attached hydrogen (secondary N) is 1. The van der Waals surface area contributed by atoms with Gasteiger partial charge in [-0.1, -0.05) is 18.2 Å². The largest absolute Gasteiger partial charge is 0.497 e. The Morgan fingerprint density at radius 2 is 1.72 bits per heavy atom. The molecule has 3 aromatic rings. The molecule has 1 saturated heterocycles. The molecule has 1 unspecified atom stereocenters. The molecule has 1 aliphatic rings. The van der Waals surface area contributed by atoms with Crippen molar-refractivity contribution in [1.29, 1.82) is 0 Å². The third-order valence-corrected chi connectivity index (χ3v) is 6.70. The van der Waals surface area contributed by atoms with E-state index in [1.54, 1.807) is 85.7 Å². The number of amides is 2. The van der Waals surface area contributed by atoms with E-state index in [1.165, 1.54) is 11.0 Å². The van der Waals surface area contributed by atoms with Gasteiger partial charge in [-0.2, -0.15) is 0 Å². The second kappa shape index (κ2) is 12.5. The number of ether oxygens (including phenoxy) is 2. The van der Waals surface area contributed by atoms with E-state index in [9.17, 15) is 18.8 Å². The average Bonchev–Trinajstić information content (AvgIpc) is 3.17. The van der Waals surface area contributed by atoms with Crippen LogP contribution in [0.25, 0.3) is 0 Å². The highest BCUT2D eigenvalue weighted by atomic mass is 32.1. The Bertz CT molecular complexity index is 1360. The molecule has 2 amide bonds. The number of nitrogens with zero attached hydrogens (tertiary/aromatic N) is 2. The first-order chi connectivity index (χ1) is 18.8. The molecule has 0 spiro atoms. The summed E-state index contributed by atoms with van der Waals surface area (Å²) >= 11 is 5.68. The number of rotatable bonds is 10. The molecule has 1 heterocycles. The predicted octanol–water partition coefficient (Wildman–Crippen LogP) is 4.58. The first kappa shape index (κ1) is 27.7. The van der Waals surface area contributed by atoms with Gasteiger partial charge in [-0.05, 0) is 85.7 Å². The van der Waals surface area contributed by atoms with Crippen LogP contribution in [0.15, 0.2) is 72.8 Å². The molecule has 1 aliphatic heterocycles. The summed E-state index contributed by atoms with van der Waals surface area (Å²) in [5, 5.41) is 3.00. The Balaban J connectivity index is 1.56. The van der Waals surface area contributed by atoms with Gasteiger partial charge in [0.05, 0.1) is 31.4 Å². The quantitative estimate of drug-likeness (QED) is 0.293. The summed E-state index contributed by atoms with van der Waals surface area (Å²) in [6, 6.07) is 18.6. The van der Waals surface area contributed by atoms with Crippen molar-refractivity contribution in [1.82, 2.24) is 4.90 Å². The topological polar surface area (TPSA) is 88.2 Å². The molecule has 0 bridgehead atoms. The number of esters is 1. The van der Waals surface area contributed by atoms with E-state index in [2.05, 4.69) is 5.32 Å². The molecule has 39 heavy (non-hydrogen) atoms. The van der Waals surface area contributed by atoms with Crippen LogP contribution in [-0.2, 0) is 20.7 Å². The van der Waals surface area contributed by atoms with E-state index < -0.39 is 12.0 Å². The minimum Gasteiger partial charge on any atom is -0.497 e. The van der Waals surface area contributed by atoms with E-state index in [0.717, 1.165) is 0 Å². The maximum atomic E-state index is 14.3. The lowest BCUT2D eigenvalue weighted by atomic mass is 10.1. The Morgan fingerprint density at radius 3 is 2.36 bits per heavy atom. The zero-order valence-corrected chi connectivity index (χ0v) is 22.4. The maximum Gasteiger partial charge on any atom is 0.338 e. The number of benzene rings is 3. The summed E-state index contributed by atoms with van der Waals surface area (Å²) in [5.74, 6) is -0.944. The van der Waals surface area contributed by atoms with Gasteiger partial charge in [0.15, 0.2) is 5.11 Å². The van der Waals surface area contributed by atoms with Crippen molar-refractivity contribution in [2.24, 2.45) is 0 Å². The fourth-order valence-electron chi connectivity index (χ4n) is 4.29. The van der Waals surface area contributed by atoms with Crippen LogP contribution in [0.3, 0.4) is 0 Å². The molecule has 4 rings (SSSR count). The molecule has 0 saturated carbocycles. The van der Waals surface area contributed by atoms with Crippen molar-refractivity contribution in [3.05, 3.63) is 89.7 Å². The smallest absolute Gasteiger partial charge is 0.338 e. The fraction of sp³-hybridized carbons (Fsp3) is 0.241. The molecule has 1 atom stereocenters. The van der Waals surface area contributed by atoms with Crippen molar-refractivity contribution >= 4 is 46.5 Å². The van der Waals surface area contributed by atoms with E-state index >= 15 is 0 Å². The van der Waals surface area contributed by atoms with Gasteiger partial charge in [0, 0.05) is 12.2 Å². The van der Waals surface area contributed by atoms with Crippen LogP contribution in [0.2, 0.25) is 0 Å². The minimum absolute atomic E-state index is 0.167. The van der Waals surface area contributed by atoms with E-state index in [1.807, 2.05) is 0 Å². The summed E-state index contributed by atoms with van der Waals surface area (Å²) < 4.78 is 24.5. The normalized spacial score (nSPS) is 14.9. The van der Waals surface area contributed by atoms with Crippen LogP contribution in [0, 0.1) is 5.82 Å². The van der Waals surface area contributed by atoms with Crippen molar-refractivity contribution in [2.75, 3.05) is 30.5 Å². The summed E-state index contributed by atoms with van der Waals surface area (Å²) in [6.45, 7) is 2.18. The Kier molecular flexibility index (Phi) is 8.88. The molecule has 3 aromatic carbocycles. The summed E-state index contributed by atoms with van der Waals surface area (Å²) in [4.78, 5) is 41.7. The molecule has 10 heteroatoms. The van der Waals surface area contributed by atoms with E-state index in [-0.39, 0.29) is 48.7 Å². The third-order valence-electron chi connectivity index (χ3n) is 6.29. The standard InChI is InChI=1S/C29H28FN3O5S/c1-3-38-28(36)20-8-12-22(13-9-20)33-27(35)25(18-26(34)31-21-10-14-23(37-2)15-11-21)32(29(33)39)17-16-19-6-4-5-7-24(19)30/h4-15,25H,3,16-18H2,1-2H3,(H,31,34). The number of carbonyl (C=O) groups excluding carboxylic acids is 3. The number of hydrogen-bond acceptors (Lipinski definition) is 6. The average molecular weight is 550 g/mol. The van der Waals surface area contributed by atoms with Crippen molar-refractivity contribution < 1.29 is 28.2 Å². The molecule has 0 aromatic heterocycles. The molecule has 1 fully saturated rings. The summed E-state index contributed by atoms with van der Waals surface area (Å²) in [6.07, 6.45) is 0.117. The highest BCUT2D eigenvalue weighted by molar-refractivity contribution is 7.80. The zero-order valence-electron chi connectivity index (χ0n) is 21.6. The number of anilines is 2. The molecule has 0 aliphatic carbocycles. The summed E-state index contributed by atoms with van der Waals surface area (Å²) in [5.41, 5.74) is 1.82. The second-order valence-corrected chi connectivity index (χ2v) is 9.12. The Labute approximate surface area is 231 Å². The van der Waals surface area contributed by atoms with Gasteiger partial charge in [0.2, 0.25) is 5.91 Å². The number of thiocarbonyl (C=S) groups is 1. The highest BCUT2D eigenvalue weighted by Gasteiger charge is 2.44. The number of hydrogen-bond donors (Lipinski definition) is 1. The van der Waals surface area contributed by atoms with Crippen LogP contribution in [-0.4, -0.2) is 54.1 Å². The third kappa shape index (κ3) is 6.40. The van der Waals surface area contributed by atoms with Crippen LogP contribution >= 0.6 is 12.2 Å². The SMILES string of the molecule is CCOC(=O)c1ccc(N2C(=O)C(CC(=O)Nc3ccc(OC)cc3)N(CCc3ccccc3F)C2=S)cc1. The van der Waals surface area contributed by atoms with Crippen molar-refractivity contribution in [2.45, 2.75) is 25.8 Å². The lowest BCUT2D eigenvalue weighted by Gasteiger charge is -2.24. The van der Waals surface area contributed by atoms with Gasteiger partial charge in [0.1, 0.15) is 17.6 Å².